The van der Waals surface area contributed by atoms with E-state index in [-0.39, 0.29) is 11.9 Å². The molecule has 24 heavy (non-hydrogen) atoms. The number of aryl methyl sites for hydroxylation is 2. The summed E-state index contributed by atoms with van der Waals surface area (Å²) in [5.41, 5.74) is 5.28. The van der Waals surface area contributed by atoms with Gasteiger partial charge in [-0.1, -0.05) is 55.5 Å². The third-order valence-corrected chi connectivity index (χ3v) is 4.79. The van der Waals surface area contributed by atoms with Gasteiger partial charge in [0.1, 0.15) is 0 Å². The van der Waals surface area contributed by atoms with Gasteiger partial charge in [0, 0.05) is 19.0 Å². The Morgan fingerprint density at radius 3 is 2.67 bits per heavy atom. The number of benzene rings is 2. The molecule has 1 unspecified atom stereocenters. The van der Waals surface area contributed by atoms with E-state index >= 15 is 0 Å². The minimum Gasteiger partial charge on any atom is -0.354 e. The van der Waals surface area contributed by atoms with Crippen molar-refractivity contribution in [2.75, 3.05) is 13.1 Å². The Morgan fingerprint density at radius 2 is 1.88 bits per heavy atom. The molecule has 0 saturated heterocycles. The highest BCUT2D eigenvalue weighted by Gasteiger charge is 2.19. The van der Waals surface area contributed by atoms with Gasteiger partial charge in [-0.05, 0) is 48.1 Å². The van der Waals surface area contributed by atoms with Gasteiger partial charge >= 0.3 is 0 Å². The van der Waals surface area contributed by atoms with Crippen LogP contribution in [0.25, 0.3) is 0 Å². The number of rotatable bonds is 6. The average Bonchev–Trinajstić information content (AvgIpc) is 2.65. The molecule has 3 heteroatoms. The van der Waals surface area contributed by atoms with Crippen LogP contribution in [0.2, 0.25) is 0 Å². The van der Waals surface area contributed by atoms with Gasteiger partial charge in [-0.3, -0.25) is 4.79 Å². The van der Waals surface area contributed by atoms with Crippen LogP contribution in [0.3, 0.4) is 0 Å². The topological polar surface area (TPSA) is 41.1 Å². The van der Waals surface area contributed by atoms with E-state index in [0.29, 0.717) is 13.0 Å². The lowest BCUT2D eigenvalue weighted by atomic mass is 9.94. The molecule has 2 aromatic rings. The van der Waals surface area contributed by atoms with Crippen LogP contribution < -0.4 is 10.6 Å². The van der Waals surface area contributed by atoms with Crippen molar-refractivity contribution in [3.8, 4) is 0 Å². The monoisotopic (exact) mass is 322 g/mol. The van der Waals surface area contributed by atoms with Crippen LogP contribution >= 0.6 is 0 Å². The number of fused-ring (bicyclic) bond motifs is 1. The molecule has 126 valence electrons. The summed E-state index contributed by atoms with van der Waals surface area (Å²) in [6.45, 7) is 3.78. The first-order valence-corrected chi connectivity index (χ1v) is 8.92. The maximum atomic E-state index is 12.2. The summed E-state index contributed by atoms with van der Waals surface area (Å²) in [6.07, 6.45) is 3.45. The lowest BCUT2D eigenvalue weighted by molar-refractivity contribution is -0.121. The van der Waals surface area contributed by atoms with Crippen LogP contribution in [0.1, 0.15) is 41.6 Å². The molecule has 1 atom stereocenters. The number of nitrogens with one attached hydrogen (secondary N) is 2. The van der Waals surface area contributed by atoms with Crippen LogP contribution in [0, 0.1) is 0 Å². The largest absolute Gasteiger partial charge is 0.354 e. The van der Waals surface area contributed by atoms with E-state index in [1.54, 1.807) is 0 Å². The number of carbonyl (C=O) groups excluding carboxylic acids is 1. The molecule has 0 radical (unpaired) electrons. The van der Waals surface area contributed by atoms with Crippen molar-refractivity contribution in [1.82, 2.24) is 10.6 Å². The molecule has 0 saturated carbocycles. The fraction of sp³-hybridized carbons (Fsp3) is 0.381. The molecule has 1 amide bonds. The molecular weight excluding hydrogens is 296 g/mol. The van der Waals surface area contributed by atoms with Crippen molar-refractivity contribution in [2.24, 2.45) is 0 Å². The van der Waals surface area contributed by atoms with Crippen LogP contribution in [0.5, 0.6) is 0 Å². The Balaban J connectivity index is 1.47. The molecule has 0 aromatic heterocycles. The van der Waals surface area contributed by atoms with E-state index in [2.05, 4.69) is 66.1 Å². The standard InChI is InChI=1S/C21H26N2O/c1-2-16-7-9-17(10-8-16)11-12-21(24)23-15-20-19-6-4-3-5-18(19)13-14-22-20/h3-10,20,22H,2,11-15H2,1H3,(H,23,24). The number of carbonyl (C=O) groups is 1. The molecule has 1 aliphatic rings. The maximum Gasteiger partial charge on any atom is 0.220 e. The third kappa shape index (κ3) is 4.24. The highest BCUT2D eigenvalue weighted by Crippen LogP contribution is 2.21. The van der Waals surface area contributed by atoms with Crippen LogP contribution in [0.15, 0.2) is 48.5 Å². The predicted octanol–water partition coefficient (Wildman–Crippen LogP) is 3.18. The highest BCUT2D eigenvalue weighted by atomic mass is 16.1. The Labute approximate surface area is 144 Å². The smallest absolute Gasteiger partial charge is 0.220 e. The Bertz CT molecular complexity index is 678. The summed E-state index contributed by atoms with van der Waals surface area (Å²) in [4.78, 5) is 12.2. The summed E-state index contributed by atoms with van der Waals surface area (Å²) >= 11 is 0. The quantitative estimate of drug-likeness (QED) is 0.857. The van der Waals surface area contributed by atoms with Crippen molar-refractivity contribution in [1.29, 1.82) is 0 Å². The molecule has 0 bridgehead atoms. The molecular formula is C21H26N2O. The van der Waals surface area contributed by atoms with E-state index in [0.717, 1.165) is 25.8 Å². The second kappa shape index (κ2) is 8.11. The zero-order chi connectivity index (χ0) is 16.8. The van der Waals surface area contributed by atoms with E-state index < -0.39 is 0 Å². The lowest BCUT2D eigenvalue weighted by Crippen LogP contribution is -2.38. The van der Waals surface area contributed by atoms with Crippen molar-refractivity contribution in [3.05, 3.63) is 70.8 Å². The van der Waals surface area contributed by atoms with Crippen molar-refractivity contribution in [2.45, 2.75) is 38.6 Å². The van der Waals surface area contributed by atoms with E-state index in [9.17, 15) is 4.79 Å². The van der Waals surface area contributed by atoms with Gasteiger partial charge in [0.25, 0.3) is 0 Å². The summed E-state index contributed by atoms with van der Waals surface area (Å²) in [6, 6.07) is 17.3. The first-order valence-electron chi connectivity index (χ1n) is 8.92. The number of hydrogen-bond donors (Lipinski definition) is 2. The molecule has 0 spiro atoms. The normalized spacial score (nSPS) is 16.5. The Hall–Kier alpha value is -2.13. The molecule has 2 N–H and O–H groups in total. The van der Waals surface area contributed by atoms with E-state index in [1.807, 2.05) is 0 Å². The summed E-state index contributed by atoms with van der Waals surface area (Å²) in [5, 5.41) is 6.59. The van der Waals surface area contributed by atoms with Crippen molar-refractivity contribution < 1.29 is 4.79 Å². The highest BCUT2D eigenvalue weighted by molar-refractivity contribution is 5.76. The summed E-state index contributed by atoms with van der Waals surface area (Å²) < 4.78 is 0. The first-order chi connectivity index (χ1) is 11.8. The van der Waals surface area contributed by atoms with Gasteiger partial charge in [0.2, 0.25) is 5.91 Å². The molecule has 1 aliphatic heterocycles. The fourth-order valence-corrected chi connectivity index (χ4v) is 3.28. The van der Waals surface area contributed by atoms with Crippen molar-refractivity contribution >= 4 is 5.91 Å². The molecule has 3 rings (SSSR count). The molecule has 0 aliphatic carbocycles. The van der Waals surface area contributed by atoms with Crippen molar-refractivity contribution in [3.63, 3.8) is 0 Å². The number of hydrogen-bond acceptors (Lipinski definition) is 2. The number of amides is 1. The van der Waals surface area contributed by atoms with Gasteiger partial charge in [-0.15, -0.1) is 0 Å². The maximum absolute atomic E-state index is 12.2. The molecule has 3 nitrogen and oxygen atoms in total. The third-order valence-electron chi connectivity index (χ3n) is 4.79. The first kappa shape index (κ1) is 16.7. The second-order valence-electron chi connectivity index (χ2n) is 6.43. The van der Waals surface area contributed by atoms with E-state index in [4.69, 9.17) is 0 Å². The Morgan fingerprint density at radius 1 is 1.12 bits per heavy atom. The van der Waals surface area contributed by atoms with Gasteiger partial charge in [-0.25, -0.2) is 0 Å². The Kier molecular flexibility index (Phi) is 5.65. The SMILES string of the molecule is CCc1ccc(CCC(=O)NCC2NCCc3ccccc32)cc1. The molecule has 2 aromatic carbocycles. The average molecular weight is 322 g/mol. The summed E-state index contributed by atoms with van der Waals surface area (Å²) in [5.74, 6) is 0.124. The van der Waals surface area contributed by atoms with Gasteiger partial charge in [0.05, 0.1) is 0 Å². The zero-order valence-corrected chi connectivity index (χ0v) is 14.3. The fourth-order valence-electron chi connectivity index (χ4n) is 3.28. The van der Waals surface area contributed by atoms with Gasteiger partial charge in [0.15, 0.2) is 0 Å². The van der Waals surface area contributed by atoms with Crippen LogP contribution in [-0.4, -0.2) is 19.0 Å². The minimum atomic E-state index is 0.124. The lowest BCUT2D eigenvalue weighted by Gasteiger charge is -2.27. The van der Waals surface area contributed by atoms with Crippen LogP contribution in [-0.2, 0) is 24.1 Å². The second-order valence-corrected chi connectivity index (χ2v) is 6.43. The van der Waals surface area contributed by atoms with E-state index in [1.165, 1.54) is 22.3 Å². The molecule has 1 heterocycles. The summed E-state index contributed by atoms with van der Waals surface area (Å²) in [7, 11) is 0. The van der Waals surface area contributed by atoms with Gasteiger partial charge in [-0.2, -0.15) is 0 Å². The molecule has 0 fully saturated rings. The van der Waals surface area contributed by atoms with Gasteiger partial charge < -0.3 is 10.6 Å². The minimum absolute atomic E-state index is 0.124. The predicted molar refractivity (Wildman–Crippen MR) is 98.0 cm³/mol. The zero-order valence-electron chi connectivity index (χ0n) is 14.3. The van der Waals surface area contributed by atoms with Crippen LogP contribution in [0.4, 0.5) is 0 Å².